The molecule has 0 fully saturated rings. The summed E-state index contributed by atoms with van der Waals surface area (Å²) in [5, 5.41) is 30.2. The molecule has 3 heterocycles. The van der Waals surface area contributed by atoms with Crippen molar-refractivity contribution in [1.82, 2.24) is 35.3 Å². The Morgan fingerprint density at radius 2 is 2.06 bits per heavy atom. The van der Waals surface area contributed by atoms with Crippen molar-refractivity contribution < 1.29 is 19.2 Å². The van der Waals surface area contributed by atoms with Gasteiger partial charge < -0.3 is 19.7 Å². The molecule has 0 aliphatic heterocycles. The highest BCUT2D eigenvalue weighted by Gasteiger charge is 2.20. The number of hydrogen-bond donors (Lipinski definition) is 2. The first-order valence-electron chi connectivity index (χ1n) is 11.0. The van der Waals surface area contributed by atoms with Crippen molar-refractivity contribution in [3.8, 4) is 17.5 Å². The zero-order chi connectivity index (χ0) is 25.2. The fourth-order valence-corrected chi connectivity index (χ4v) is 3.62. The van der Waals surface area contributed by atoms with Gasteiger partial charge in [0.1, 0.15) is 6.61 Å². The standard InChI is InChI=1S/C24H20N8O4/c1-13(11-33)26-23(34)15-8-9-16(19(10-15)25-3)12-35-24-18-7-5-4-6-17(18)21-28-29-22(32(21)30-24)20-27-14(2)36-31-20/h4-10,13,33H,11-12H2,1-2H3,(H,26,34)/t13-/m1/s1. The van der Waals surface area contributed by atoms with E-state index in [-0.39, 0.29) is 30.6 Å². The quantitative estimate of drug-likeness (QED) is 0.333. The van der Waals surface area contributed by atoms with Gasteiger partial charge >= 0.3 is 0 Å². The van der Waals surface area contributed by atoms with Crippen molar-refractivity contribution >= 4 is 28.0 Å². The zero-order valence-electron chi connectivity index (χ0n) is 19.3. The van der Waals surface area contributed by atoms with E-state index in [0.717, 1.165) is 5.39 Å². The van der Waals surface area contributed by atoms with Crippen molar-refractivity contribution in [3.63, 3.8) is 0 Å². The Balaban J connectivity index is 1.49. The molecule has 180 valence electrons. The number of nitrogens with zero attached hydrogens (tertiary/aromatic N) is 7. The Bertz CT molecular complexity index is 1630. The minimum absolute atomic E-state index is 0.0356. The Morgan fingerprint density at radius 1 is 1.25 bits per heavy atom. The normalized spacial score (nSPS) is 11.9. The lowest BCUT2D eigenvalue weighted by molar-refractivity contribution is 0.0922. The van der Waals surface area contributed by atoms with Gasteiger partial charge in [0, 0.05) is 29.3 Å². The number of carbonyl (C=O) groups excluding carboxylic acids is 1. The van der Waals surface area contributed by atoms with Crippen LogP contribution in [0.2, 0.25) is 0 Å². The molecule has 12 nitrogen and oxygen atoms in total. The predicted octanol–water partition coefficient (Wildman–Crippen LogP) is 2.88. The molecule has 12 heteroatoms. The molecule has 0 aliphatic carbocycles. The van der Waals surface area contributed by atoms with E-state index in [1.54, 1.807) is 26.0 Å². The summed E-state index contributed by atoms with van der Waals surface area (Å²) < 4.78 is 12.6. The van der Waals surface area contributed by atoms with Crippen LogP contribution in [-0.4, -0.2) is 53.6 Å². The molecule has 0 saturated carbocycles. The fraction of sp³-hybridized carbons (Fsp3) is 0.208. The van der Waals surface area contributed by atoms with E-state index in [4.69, 9.17) is 20.9 Å². The topological polar surface area (TPSA) is 145 Å². The largest absolute Gasteiger partial charge is 0.473 e. The van der Waals surface area contributed by atoms with Gasteiger partial charge in [-0.15, -0.1) is 15.3 Å². The summed E-state index contributed by atoms with van der Waals surface area (Å²) in [6.07, 6.45) is 0. The first-order valence-corrected chi connectivity index (χ1v) is 11.0. The van der Waals surface area contributed by atoms with E-state index in [1.807, 2.05) is 24.3 Å². The van der Waals surface area contributed by atoms with E-state index >= 15 is 0 Å². The van der Waals surface area contributed by atoms with Crippen LogP contribution in [0, 0.1) is 13.5 Å². The summed E-state index contributed by atoms with van der Waals surface area (Å²) in [7, 11) is 0. The number of carbonyl (C=O) groups is 1. The lowest BCUT2D eigenvalue weighted by atomic mass is 10.1. The van der Waals surface area contributed by atoms with Crippen LogP contribution in [0.3, 0.4) is 0 Å². The second kappa shape index (κ2) is 9.40. The maximum atomic E-state index is 12.4. The Kier molecular flexibility index (Phi) is 5.97. The molecule has 1 atom stereocenters. The molecule has 0 radical (unpaired) electrons. The zero-order valence-corrected chi connectivity index (χ0v) is 19.3. The molecule has 36 heavy (non-hydrogen) atoms. The number of fused-ring (bicyclic) bond motifs is 3. The Hall–Kier alpha value is -4.89. The van der Waals surface area contributed by atoms with Gasteiger partial charge in [0.05, 0.1) is 13.2 Å². The highest BCUT2D eigenvalue weighted by molar-refractivity contribution is 5.97. The van der Waals surface area contributed by atoms with Crippen LogP contribution in [-0.2, 0) is 6.61 Å². The molecule has 3 aromatic heterocycles. The number of benzene rings is 2. The van der Waals surface area contributed by atoms with Crippen LogP contribution in [0.1, 0.15) is 28.7 Å². The van der Waals surface area contributed by atoms with Crippen LogP contribution in [0.15, 0.2) is 47.0 Å². The van der Waals surface area contributed by atoms with E-state index in [2.05, 4.69) is 35.6 Å². The molecule has 5 rings (SSSR count). The van der Waals surface area contributed by atoms with Gasteiger partial charge in [-0.05, 0) is 24.6 Å². The maximum Gasteiger partial charge on any atom is 0.250 e. The van der Waals surface area contributed by atoms with E-state index in [9.17, 15) is 4.79 Å². The van der Waals surface area contributed by atoms with Gasteiger partial charge in [0.15, 0.2) is 11.3 Å². The van der Waals surface area contributed by atoms with Crippen LogP contribution < -0.4 is 10.1 Å². The van der Waals surface area contributed by atoms with Gasteiger partial charge in [-0.1, -0.05) is 35.5 Å². The second-order valence-electron chi connectivity index (χ2n) is 8.05. The summed E-state index contributed by atoms with van der Waals surface area (Å²) in [4.78, 5) is 20.1. The highest BCUT2D eigenvalue weighted by atomic mass is 16.5. The lowest BCUT2D eigenvalue weighted by Crippen LogP contribution is -2.34. The number of nitrogens with one attached hydrogen (secondary N) is 1. The van der Waals surface area contributed by atoms with Gasteiger partial charge in [-0.2, -0.15) is 9.50 Å². The summed E-state index contributed by atoms with van der Waals surface area (Å²) in [6.45, 7) is 10.8. The molecule has 0 unspecified atom stereocenters. The predicted molar refractivity (Wildman–Crippen MR) is 127 cm³/mol. The van der Waals surface area contributed by atoms with Gasteiger partial charge in [-0.25, -0.2) is 4.85 Å². The van der Waals surface area contributed by atoms with Crippen molar-refractivity contribution in [3.05, 3.63) is 70.9 Å². The Morgan fingerprint density at radius 3 is 2.78 bits per heavy atom. The lowest BCUT2D eigenvalue weighted by Gasteiger charge is -2.13. The number of aryl methyl sites for hydroxylation is 1. The molecule has 0 bridgehead atoms. The maximum absolute atomic E-state index is 12.4. The molecule has 0 saturated heterocycles. The summed E-state index contributed by atoms with van der Waals surface area (Å²) in [5.41, 5.74) is 1.68. The smallest absolute Gasteiger partial charge is 0.250 e. The number of ether oxygens (including phenoxy) is 1. The SMILES string of the molecule is [C-]#[N+]c1cc(C(=O)N[C@H](C)CO)ccc1COc1nn2c(-c3noc(C)n3)nnc2c2ccccc12. The Labute approximate surface area is 204 Å². The van der Waals surface area contributed by atoms with E-state index in [0.29, 0.717) is 39.8 Å². The highest BCUT2D eigenvalue weighted by Crippen LogP contribution is 2.30. The molecule has 1 amide bonds. The fourth-order valence-electron chi connectivity index (χ4n) is 3.62. The summed E-state index contributed by atoms with van der Waals surface area (Å²) in [5.74, 6) is 0.853. The van der Waals surface area contributed by atoms with Crippen molar-refractivity contribution in [2.24, 2.45) is 0 Å². The van der Waals surface area contributed by atoms with Crippen LogP contribution in [0.25, 0.3) is 32.9 Å². The number of amides is 1. The van der Waals surface area contributed by atoms with Crippen molar-refractivity contribution in [2.45, 2.75) is 26.5 Å². The summed E-state index contributed by atoms with van der Waals surface area (Å²) >= 11 is 0. The van der Waals surface area contributed by atoms with Crippen molar-refractivity contribution in [1.29, 1.82) is 0 Å². The number of hydrogen-bond acceptors (Lipinski definition) is 9. The number of aromatic nitrogens is 6. The van der Waals surface area contributed by atoms with Gasteiger partial charge in [-0.3, -0.25) is 4.79 Å². The van der Waals surface area contributed by atoms with E-state index < -0.39 is 6.04 Å². The van der Waals surface area contributed by atoms with E-state index in [1.165, 1.54) is 10.6 Å². The number of aliphatic hydroxyl groups excluding tert-OH is 1. The summed E-state index contributed by atoms with van der Waals surface area (Å²) in [6, 6.07) is 11.8. The average molecular weight is 484 g/mol. The number of aliphatic hydroxyl groups is 1. The molecule has 0 spiro atoms. The molecule has 2 N–H and O–H groups in total. The second-order valence-corrected chi connectivity index (χ2v) is 8.05. The minimum Gasteiger partial charge on any atom is -0.473 e. The third-order valence-corrected chi connectivity index (χ3v) is 5.44. The first-order chi connectivity index (χ1) is 17.5. The van der Waals surface area contributed by atoms with Crippen molar-refractivity contribution in [2.75, 3.05) is 6.61 Å². The van der Waals surface area contributed by atoms with Crippen LogP contribution in [0.5, 0.6) is 5.88 Å². The molecule has 2 aromatic carbocycles. The molecular formula is C24H20N8O4. The van der Waals surface area contributed by atoms with Gasteiger partial charge in [0.2, 0.25) is 29.3 Å². The third kappa shape index (κ3) is 4.19. The number of rotatable bonds is 7. The molecule has 5 aromatic rings. The third-order valence-electron chi connectivity index (χ3n) is 5.44. The van der Waals surface area contributed by atoms with Crippen LogP contribution >= 0.6 is 0 Å². The van der Waals surface area contributed by atoms with Crippen LogP contribution in [0.4, 0.5) is 5.69 Å². The average Bonchev–Trinajstić information content (AvgIpc) is 3.52. The monoisotopic (exact) mass is 484 g/mol. The molecule has 0 aliphatic rings. The molecular weight excluding hydrogens is 464 g/mol. The van der Waals surface area contributed by atoms with Gasteiger partial charge in [0.25, 0.3) is 0 Å². The first kappa shape index (κ1) is 22.9. The minimum atomic E-state index is -0.398.